The average Bonchev–Trinajstić information content (AvgIpc) is 3.17. The monoisotopic (exact) mass is 558 g/mol. The number of thiophene rings is 1. The molecule has 0 bridgehead atoms. The third-order valence-electron chi connectivity index (χ3n) is 5.26. The Kier molecular flexibility index (Phi) is 7.07. The average molecular weight is 559 g/mol. The van der Waals surface area contributed by atoms with E-state index in [-0.39, 0.29) is 39.3 Å². The molecule has 8 nitrogen and oxygen atoms in total. The van der Waals surface area contributed by atoms with Gasteiger partial charge in [-0.25, -0.2) is 17.6 Å². The van der Waals surface area contributed by atoms with Crippen LogP contribution in [0.3, 0.4) is 0 Å². The fraction of sp³-hybridized carbons (Fsp3) is 0.182. The summed E-state index contributed by atoms with van der Waals surface area (Å²) in [4.78, 5) is 26.2. The highest BCUT2D eigenvalue weighted by molar-refractivity contribution is 7.89. The summed E-state index contributed by atoms with van der Waals surface area (Å²) in [6, 6.07) is 9.14. The van der Waals surface area contributed by atoms with Crippen LogP contribution in [0.2, 0.25) is 10.0 Å². The van der Waals surface area contributed by atoms with Crippen LogP contribution >= 0.6 is 34.5 Å². The molecule has 0 saturated heterocycles. The first-order chi connectivity index (χ1) is 16.5. The minimum atomic E-state index is -3.86. The predicted molar refractivity (Wildman–Crippen MR) is 130 cm³/mol. The summed E-state index contributed by atoms with van der Waals surface area (Å²) in [5, 5.41) is 11.4. The molecule has 0 radical (unpaired) electrons. The van der Waals surface area contributed by atoms with Crippen LogP contribution in [0.15, 0.2) is 52.7 Å². The summed E-state index contributed by atoms with van der Waals surface area (Å²) >= 11 is 13.3. The van der Waals surface area contributed by atoms with E-state index in [1.165, 1.54) is 37.4 Å². The van der Waals surface area contributed by atoms with Gasteiger partial charge in [0.2, 0.25) is 16.1 Å². The van der Waals surface area contributed by atoms with E-state index in [9.17, 15) is 27.5 Å². The highest BCUT2D eigenvalue weighted by atomic mass is 35.5. The SMILES string of the molecule is CN(Cc1csc(C(=O)N2CC(C(=O)O)Oc3cc(F)ccc32)c1Cl)S(=O)(=O)c1ccc(Cl)cc1. The van der Waals surface area contributed by atoms with E-state index in [0.29, 0.717) is 10.6 Å². The largest absolute Gasteiger partial charge is 0.478 e. The Labute approximate surface area is 214 Å². The molecular weight excluding hydrogens is 542 g/mol. The number of ether oxygens (including phenoxy) is 1. The number of benzene rings is 2. The zero-order valence-electron chi connectivity index (χ0n) is 17.9. The Morgan fingerprint density at radius 2 is 1.91 bits per heavy atom. The van der Waals surface area contributed by atoms with Gasteiger partial charge in [0, 0.05) is 24.7 Å². The van der Waals surface area contributed by atoms with Gasteiger partial charge in [-0.3, -0.25) is 9.69 Å². The lowest BCUT2D eigenvalue weighted by molar-refractivity contribution is -0.144. The Morgan fingerprint density at radius 3 is 2.57 bits per heavy atom. The minimum Gasteiger partial charge on any atom is -0.478 e. The van der Waals surface area contributed by atoms with E-state index in [1.807, 2.05) is 0 Å². The van der Waals surface area contributed by atoms with Crippen LogP contribution in [0, 0.1) is 5.82 Å². The van der Waals surface area contributed by atoms with Crippen LogP contribution in [0.5, 0.6) is 5.75 Å². The van der Waals surface area contributed by atoms with Gasteiger partial charge in [-0.2, -0.15) is 4.31 Å². The molecule has 0 aliphatic carbocycles. The zero-order chi connectivity index (χ0) is 25.5. The number of aliphatic carboxylic acids is 1. The van der Waals surface area contributed by atoms with Gasteiger partial charge in [-0.1, -0.05) is 23.2 Å². The van der Waals surface area contributed by atoms with E-state index in [1.54, 1.807) is 5.38 Å². The van der Waals surface area contributed by atoms with Crippen molar-refractivity contribution in [2.45, 2.75) is 17.5 Å². The molecule has 4 rings (SSSR count). The van der Waals surface area contributed by atoms with Gasteiger partial charge in [0.15, 0.2) is 0 Å². The number of hydrogen-bond donors (Lipinski definition) is 1. The van der Waals surface area contributed by atoms with E-state index in [0.717, 1.165) is 32.7 Å². The highest BCUT2D eigenvalue weighted by Gasteiger charge is 2.36. The van der Waals surface area contributed by atoms with Gasteiger partial charge in [0.1, 0.15) is 16.4 Å². The van der Waals surface area contributed by atoms with Crippen LogP contribution in [0.4, 0.5) is 10.1 Å². The molecule has 3 aromatic rings. The van der Waals surface area contributed by atoms with Gasteiger partial charge >= 0.3 is 5.97 Å². The number of nitrogens with zero attached hydrogens (tertiary/aromatic N) is 2. The predicted octanol–water partition coefficient (Wildman–Crippen LogP) is 4.51. The molecule has 1 atom stereocenters. The fourth-order valence-electron chi connectivity index (χ4n) is 3.45. The van der Waals surface area contributed by atoms with Crippen molar-refractivity contribution >= 4 is 62.1 Å². The van der Waals surface area contributed by atoms with Crippen LogP contribution in [0.25, 0.3) is 0 Å². The molecule has 2 aromatic carbocycles. The topological polar surface area (TPSA) is 104 Å². The van der Waals surface area contributed by atoms with Crippen LogP contribution in [-0.2, 0) is 21.4 Å². The lowest BCUT2D eigenvalue weighted by Gasteiger charge is -2.32. The summed E-state index contributed by atoms with van der Waals surface area (Å²) in [7, 11) is -2.48. The lowest BCUT2D eigenvalue weighted by atomic mass is 10.1. The molecule has 2 heterocycles. The van der Waals surface area contributed by atoms with Crippen molar-refractivity contribution in [1.29, 1.82) is 0 Å². The third kappa shape index (κ3) is 5.00. The molecule has 1 N–H and O–H groups in total. The van der Waals surface area contributed by atoms with E-state index in [4.69, 9.17) is 27.9 Å². The number of halogens is 3. The summed E-state index contributed by atoms with van der Waals surface area (Å²) in [5.74, 6) is -2.66. The maximum atomic E-state index is 13.7. The van der Waals surface area contributed by atoms with Crippen molar-refractivity contribution in [1.82, 2.24) is 4.31 Å². The van der Waals surface area contributed by atoms with Gasteiger partial charge in [0.25, 0.3) is 5.91 Å². The Hall–Kier alpha value is -2.70. The number of amides is 1. The molecule has 0 saturated carbocycles. The zero-order valence-corrected chi connectivity index (χ0v) is 21.1. The minimum absolute atomic E-state index is 0.0418. The molecule has 0 fully saturated rings. The summed E-state index contributed by atoms with van der Waals surface area (Å²) in [6.07, 6.45) is -1.40. The molecule has 1 unspecified atom stereocenters. The van der Waals surface area contributed by atoms with E-state index < -0.39 is 33.8 Å². The molecule has 1 amide bonds. The molecule has 1 aliphatic rings. The van der Waals surface area contributed by atoms with Crippen molar-refractivity contribution in [3.63, 3.8) is 0 Å². The van der Waals surface area contributed by atoms with E-state index >= 15 is 0 Å². The number of fused-ring (bicyclic) bond motifs is 1. The number of carboxylic acid groups (broad SMARTS) is 1. The summed E-state index contributed by atoms with van der Waals surface area (Å²) < 4.78 is 45.9. The number of anilines is 1. The Balaban J connectivity index is 1.61. The third-order valence-corrected chi connectivity index (χ3v) is 8.89. The van der Waals surface area contributed by atoms with E-state index in [2.05, 4.69) is 0 Å². The fourth-order valence-corrected chi connectivity index (χ4v) is 6.01. The molecule has 35 heavy (non-hydrogen) atoms. The number of hydrogen-bond acceptors (Lipinski definition) is 6. The molecule has 0 spiro atoms. The van der Waals surface area contributed by atoms with Crippen molar-refractivity contribution in [2.75, 3.05) is 18.5 Å². The summed E-state index contributed by atoms with van der Waals surface area (Å²) in [6.45, 7) is -0.433. The van der Waals surface area contributed by atoms with Gasteiger partial charge in [0.05, 0.1) is 22.2 Å². The number of carbonyl (C=O) groups is 2. The number of carbonyl (C=O) groups excluding carboxylic acids is 1. The van der Waals surface area contributed by atoms with Crippen molar-refractivity contribution in [3.05, 3.63) is 74.1 Å². The second-order valence-corrected chi connectivity index (χ2v) is 11.3. The molecule has 1 aliphatic heterocycles. The quantitative estimate of drug-likeness (QED) is 0.477. The molecular formula is C22H17Cl2FN2O6S2. The second-order valence-electron chi connectivity index (χ2n) is 7.59. The first-order valence-electron chi connectivity index (χ1n) is 9.97. The van der Waals surface area contributed by atoms with Gasteiger partial charge < -0.3 is 9.84 Å². The van der Waals surface area contributed by atoms with Gasteiger partial charge in [-0.15, -0.1) is 11.3 Å². The molecule has 13 heteroatoms. The maximum absolute atomic E-state index is 13.7. The smallest absolute Gasteiger partial charge is 0.346 e. The lowest BCUT2D eigenvalue weighted by Crippen LogP contribution is -2.47. The van der Waals surface area contributed by atoms with Crippen LogP contribution < -0.4 is 9.64 Å². The summed E-state index contributed by atoms with van der Waals surface area (Å²) in [5.41, 5.74) is 0.588. The van der Waals surface area contributed by atoms with Crippen molar-refractivity contribution in [2.24, 2.45) is 0 Å². The number of sulfonamides is 1. The second kappa shape index (κ2) is 9.75. The normalized spacial score (nSPS) is 15.6. The van der Waals surface area contributed by atoms with Crippen LogP contribution in [0.1, 0.15) is 15.2 Å². The first kappa shape index (κ1) is 25.4. The van der Waals surface area contributed by atoms with Crippen LogP contribution in [-0.4, -0.2) is 49.4 Å². The molecule has 184 valence electrons. The molecule has 1 aromatic heterocycles. The standard InChI is InChI=1S/C22H17Cl2FN2O6S2/c1-26(35(31,32)15-5-2-13(23)3-6-15)9-12-11-34-20(19(12)24)21(28)27-10-18(22(29)30)33-17-8-14(25)4-7-16(17)27/h2-8,11,18H,9-10H2,1H3,(H,29,30). The van der Waals surface area contributed by atoms with Crippen molar-refractivity contribution in [3.8, 4) is 5.75 Å². The Morgan fingerprint density at radius 1 is 1.23 bits per heavy atom. The highest BCUT2D eigenvalue weighted by Crippen LogP contribution is 2.38. The first-order valence-corrected chi connectivity index (χ1v) is 13.0. The van der Waals surface area contributed by atoms with Gasteiger partial charge in [-0.05, 0) is 47.3 Å². The van der Waals surface area contributed by atoms with Crippen molar-refractivity contribution < 1.29 is 32.2 Å². The number of rotatable bonds is 6. The maximum Gasteiger partial charge on any atom is 0.346 e. The Bertz CT molecular complexity index is 1410. The number of carboxylic acids is 1.